The molecule has 0 amide bonds. The molecular weight excluding hydrogens is 266 g/mol. The molecule has 0 bridgehead atoms. The first-order valence-corrected chi connectivity index (χ1v) is 6.53. The summed E-state index contributed by atoms with van der Waals surface area (Å²) in [6, 6.07) is 14.8. The Morgan fingerprint density at radius 3 is 2.76 bits per heavy atom. The van der Waals surface area contributed by atoms with Gasteiger partial charge in [0.2, 0.25) is 0 Å². The maximum absolute atomic E-state index is 10.7. The van der Waals surface area contributed by atoms with Crippen molar-refractivity contribution in [3.8, 4) is 17.1 Å². The fraction of sp³-hybridized carbons (Fsp3) is 0.0588. The van der Waals surface area contributed by atoms with Crippen molar-refractivity contribution >= 4 is 6.29 Å². The Balaban J connectivity index is 1.84. The van der Waals surface area contributed by atoms with Crippen molar-refractivity contribution in [2.24, 2.45) is 0 Å². The SMILES string of the molecule is O=Cc1ccc(-c2ccccc2OCc2cccnc2)o1. The number of hydrogen-bond acceptors (Lipinski definition) is 4. The van der Waals surface area contributed by atoms with E-state index in [1.54, 1.807) is 24.5 Å². The number of aldehydes is 1. The van der Waals surface area contributed by atoms with Gasteiger partial charge in [0.05, 0.1) is 5.56 Å². The first-order chi connectivity index (χ1) is 10.4. The van der Waals surface area contributed by atoms with Crippen LogP contribution in [0.1, 0.15) is 16.1 Å². The Labute approximate surface area is 122 Å². The molecule has 21 heavy (non-hydrogen) atoms. The van der Waals surface area contributed by atoms with E-state index < -0.39 is 0 Å². The van der Waals surface area contributed by atoms with Crippen LogP contribution in [0.25, 0.3) is 11.3 Å². The number of hydrogen-bond donors (Lipinski definition) is 0. The molecule has 2 aromatic heterocycles. The van der Waals surface area contributed by atoms with Gasteiger partial charge in [-0.1, -0.05) is 18.2 Å². The van der Waals surface area contributed by atoms with Crippen LogP contribution in [0.5, 0.6) is 5.75 Å². The molecule has 3 rings (SSSR count). The van der Waals surface area contributed by atoms with Crippen LogP contribution < -0.4 is 4.74 Å². The molecule has 0 aliphatic carbocycles. The first-order valence-electron chi connectivity index (χ1n) is 6.53. The molecule has 0 radical (unpaired) electrons. The van der Waals surface area contributed by atoms with Gasteiger partial charge >= 0.3 is 0 Å². The van der Waals surface area contributed by atoms with Crippen molar-refractivity contribution in [3.05, 3.63) is 72.2 Å². The second-order valence-electron chi connectivity index (χ2n) is 4.47. The van der Waals surface area contributed by atoms with Gasteiger partial charge in [-0.05, 0) is 30.3 Å². The van der Waals surface area contributed by atoms with Crippen molar-refractivity contribution < 1.29 is 13.9 Å². The summed E-state index contributed by atoms with van der Waals surface area (Å²) < 4.78 is 11.3. The third-order valence-electron chi connectivity index (χ3n) is 3.01. The van der Waals surface area contributed by atoms with E-state index in [1.807, 2.05) is 36.4 Å². The van der Waals surface area contributed by atoms with E-state index in [0.29, 0.717) is 30.2 Å². The van der Waals surface area contributed by atoms with Crippen LogP contribution in [-0.2, 0) is 6.61 Å². The number of nitrogens with zero attached hydrogens (tertiary/aromatic N) is 1. The van der Waals surface area contributed by atoms with Crippen LogP contribution >= 0.6 is 0 Å². The molecule has 0 aliphatic heterocycles. The summed E-state index contributed by atoms with van der Waals surface area (Å²) in [5.41, 5.74) is 1.80. The number of aromatic nitrogens is 1. The van der Waals surface area contributed by atoms with E-state index in [1.165, 1.54) is 0 Å². The van der Waals surface area contributed by atoms with E-state index in [-0.39, 0.29) is 0 Å². The molecule has 0 unspecified atom stereocenters. The first kappa shape index (κ1) is 13.1. The van der Waals surface area contributed by atoms with Gasteiger partial charge in [-0.3, -0.25) is 9.78 Å². The molecule has 104 valence electrons. The summed E-state index contributed by atoms with van der Waals surface area (Å²) in [4.78, 5) is 14.8. The highest BCUT2D eigenvalue weighted by Gasteiger charge is 2.10. The number of ether oxygens (including phenoxy) is 1. The third-order valence-corrected chi connectivity index (χ3v) is 3.01. The lowest BCUT2D eigenvalue weighted by Crippen LogP contribution is -1.97. The van der Waals surface area contributed by atoms with Crippen LogP contribution in [0, 0.1) is 0 Å². The summed E-state index contributed by atoms with van der Waals surface area (Å²) in [5, 5.41) is 0. The van der Waals surface area contributed by atoms with Crippen LogP contribution in [-0.4, -0.2) is 11.3 Å². The van der Waals surface area contributed by atoms with Gasteiger partial charge in [-0.25, -0.2) is 0 Å². The van der Waals surface area contributed by atoms with Crippen molar-refractivity contribution in [1.29, 1.82) is 0 Å². The summed E-state index contributed by atoms with van der Waals surface area (Å²) in [7, 11) is 0. The van der Waals surface area contributed by atoms with Crippen LogP contribution in [0.4, 0.5) is 0 Å². The molecular formula is C17H13NO3. The highest BCUT2D eigenvalue weighted by molar-refractivity contribution is 5.74. The monoisotopic (exact) mass is 279 g/mol. The van der Waals surface area contributed by atoms with Gasteiger partial charge in [-0.2, -0.15) is 0 Å². The number of furan rings is 1. The molecule has 0 spiro atoms. The van der Waals surface area contributed by atoms with E-state index in [9.17, 15) is 4.79 Å². The van der Waals surface area contributed by atoms with Gasteiger partial charge in [-0.15, -0.1) is 0 Å². The average molecular weight is 279 g/mol. The highest BCUT2D eigenvalue weighted by Crippen LogP contribution is 2.31. The zero-order valence-corrected chi connectivity index (χ0v) is 11.2. The summed E-state index contributed by atoms with van der Waals surface area (Å²) in [6.07, 6.45) is 4.17. The predicted molar refractivity (Wildman–Crippen MR) is 78.1 cm³/mol. The lowest BCUT2D eigenvalue weighted by atomic mass is 10.1. The topological polar surface area (TPSA) is 52.3 Å². The zero-order chi connectivity index (χ0) is 14.5. The van der Waals surface area contributed by atoms with Gasteiger partial charge in [0.15, 0.2) is 12.0 Å². The van der Waals surface area contributed by atoms with Gasteiger partial charge in [0.25, 0.3) is 0 Å². The number of para-hydroxylation sites is 1. The minimum absolute atomic E-state index is 0.298. The lowest BCUT2D eigenvalue weighted by molar-refractivity contribution is 0.110. The van der Waals surface area contributed by atoms with Crippen molar-refractivity contribution in [2.45, 2.75) is 6.61 Å². The van der Waals surface area contributed by atoms with Gasteiger partial charge < -0.3 is 9.15 Å². The Hall–Kier alpha value is -2.88. The Kier molecular flexibility index (Phi) is 3.78. The standard InChI is InChI=1S/C17H13NO3/c19-11-14-7-8-17(21-14)15-5-1-2-6-16(15)20-12-13-4-3-9-18-10-13/h1-11H,12H2. The molecule has 4 heteroatoms. The number of carbonyl (C=O) groups excluding carboxylic acids is 1. The molecule has 4 nitrogen and oxygen atoms in total. The summed E-state index contributed by atoms with van der Waals surface area (Å²) in [6.45, 7) is 0.423. The Morgan fingerprint density at radius 2 is 2.00 bits per heavy atom. The quantitative estimate of drug-likeness (QED) is 0.668. The highest BCUT2D eigenvalue weighted by atomic mass is 16.5. The number of benzene rings is 1. The molecule has 0 fully saturated rings. The minimum atomic E-state index is 0.298. The zero-order valence-electron chi connectivity index (χ0n) is 11.2. The fourth-order valence-corrected chi connectivity index (χ4v) is 2.00. The minimum Gasteiger partial charge on any atom is -0.488 e. The molecule has 0 saturated heterocycles. The predicted octanol–water partition coefficient (Wildman–Crippen LogP) is 3.73. The van der Waals surface area contributed by atoms with Crippen LogP contribution in [0.15, 0.2) is 65.3 Å². The van der Waals surface area contributed by atoms with Crippen LogP contribution in [0.2, 0.25) is 0 Å². The number of rotatable bonds is 5. The van der Waals surface area contributed by atoms with Gasteiger partial charge in [0, 0.05) is 18.0 Å². The molecule has 2 heterocycles. The van der Waals surface area contributed by atoms with Gasteiger partial charge in [0.1, 0.15) is 18.1 Å². The summed E-state index contributed by atoms with van der Waals surface area (Å²) in [5.74, 6) is 1.61. The molecule has 3 aromatic rings. The molecule has 1 aromatic carbocycles. The van der Waals surface area contributed by atoms with E-state index in [4.69, 9.17) is 9.15 Å². The molecule has 0 atom stereocenters. The maximum atomic E-state index is 10.7. The summed E-state index contributed by atoms with van der Waals surface area (Å²) >= 11 is 0. The largest absolute Gasteiger partial charge is 0.488 e. The lowest BCUT2D eigenvalue weighted by Gasteiger charge is -2.09. The maximum Gasteiger partial charge on any atom is 0.185 e. The Morgan fingerprint density at radius 1 is 1.10 bits per heavy atom. The molecule has 0 aliphatic rings. The van der Waals surface area contributed by atoms with E-state index >= 15 is 0 Å². The number of pyridine rings is 1. The van der Waals surface area contributed by atoms with Crippen LogP contribution in [0.3, 0.4) is 0 Å². The molecule has 0 saturated carbocycles. The van der Waals surface area contributed by atoms with Crippen molar-refractivity contribution in [2.75, 3.05) is 0 Å². The average Bonchev–Trinajstić information content (AvgIpc) is 3.03. The second-order valence-corrected chi connectivity index (χ2v) is 4.47. The normalized spacial score (nSPS) is 10.3. The smallest absolute Gasteiger partial charge is 0.185 e. The molecule has 0 N–H and O–H groups in total. The third kappa shape index (κ3) is 3.00. The van der Waals surface area contributed by atoms with E-state index in [2.05, 4.69) is 4.98 Å². The fourth-order valence-electron chi connectivity index (χ4n) is 2.00. The van der Waals surface area contributed by atoms with Crippen molar-refractivity contribution in [3.63, 3.8) is 0 Å². The second kappa shape index (κ2) is 6.05. The van der Waals surface area contributed by atoms with Crippen molar-refractivity contribution in [1.82, 2.24) is 4.98 Å². The Bertz CT molecular complexity index is 735. The number of carbonyl (C=O) groups is 1. The van der Waals surface area contributed by atoms with E-state index in [0.717, 1.165) is 11.1 Å².